The summed E-state index contributed by atoms with van der Waals surface area (Å²) < 4.78 is 30.1. The van der Waals surface area contributed by atoms with Gasteiger partial charge in [0.15, 0.2) is 0 Å². The number of carbonyl (C=O) groups is 1. The summed E-state index contributed by atoms with van der Waals surface area (Å²) in [5.41, 5.74) is 0.596. The molecule has 0 amide bonds. The summed E-state index contributed by atoms with van der Waals surface area (Å²) in [5.74, 6) is -0.516. The molecule has 1 aromatic rings. The molecule has 17 heavy (non-hydrogen) atoms. The van der Waals surface area contributed by atoms with Gasteiger partial charge in [-0.25, -0.2) is 8.78 Å². The number of rotatable bonds is 4. The summed E-state index contributed by atoms with van der Waals surface area (Å²) in [6, 6.07) is 1.25. The second-order valence-corrected chi connectivity index (χ2v) is 4.56. The Bertz CT molecular complexity index is 427. The average Bonchev–Trinajstić information content (AvgIpc) is 2.28. The number of esters is 1. The first-order valence-electron chi connectivity index (χ1n) is 4.58. The summed E-state index contributed by atoms with van der Waals surface area (Å²) in [4.78, 5) is 14.9. The third kappa shape index (κ3) is 3.70. The Morgan fingerprint density at radius 3 is 2.71 bits per heavy atom. The van der Waals surface area contributed by atoms with Gasteiger partial charge in [0.2, 0.25) is 0 Å². The largest absolute Gasteiger partial charge is 0.469 e. The van der Waals surface area contributed by atoms with Crippen molar-refractivity contribution < 1.29 is 18.3 Å². The van der Waals surface area contributed by atoms with Crippen molar-refractivity contribution in [2.75, 3.05) is 7.11 Å². The highest BCUT2D eigenvalue weighted by molar-refractivity contribution is 9.10. The summed E-state index contributed by atoms with van der Waals surface area (Å²) in [6.45, 7) is 0. The van der Waals surface area contributed by atoms with Crippen LogP contribution in [0.3, 0.4) is 0 Å². The number of aromatic nitrogens is 1. The maximum absolute atomic E-state index is 12.6. The van der Waals surface area contributed by atoms with Crippen LogP contribution in [0.5, 0.6) is 0 Å². The molecule has 0 N–H and O–H groups in total. The van der Waals surface area contributed by atoms with Crippen LogP contribution in [-0.2, 0) is 21.3 Å². The lowest BCUT2D eigenvalue weighted by Gasteiger charge is -2.10. The van der Waals surface area contributed by atoms with E-state index in [1.165, 1.54) is 13.2 Å². The Hall–Kier alpha value is -0.560. The molecule has 0 atom stereocenters. The number of carbonyl (C=O) groups excluding carboxylic acids is 1. The first kappa shape index (κ1) is 14.5. The molecule has 1 aromatic heterocycles. The first-order chi connectivity index (χ1) is 7.99. The van der Waals surface area contributed by atoms with E-state index in [0.29, 0.717) is 21.1 Å². The number of ether oxygens (including phenoxy) is 1. The quantitative estimate of drug-likeness (QED) is 0.600. The van der Waals surface area contributed by atoms with Crippen LogP contribution in [0.1, 0.15) is 23.4 Å². The van der Waals surface area contributed by atoms with Gasteiger partial charge in [-0.2, -0.15) is 0 Å². The zero-order valence-electron chi connectivity index (χ0n) is 8.84. The monoisotopic (exact) mass is 371 g/mol. The van der Waals surface area contributed by atoms with E-state index < -0.39 is 12.4 Å². The predicted molar refractivity (Wildman–Crippen MR) is 65.2 cm³/mol. The molecule has 94 valence electrons. The van der Waals surface area contributed by atoms with E-state index in [1.54, 1.807) is 0 Å². The lowest BCUT2D eigenvalue weighted by Crippen LogP contribution is -2.10. The third-order valence-corrected chi connectivity index (χ3v) is 3.34. The van der Waals surface area contributed by atoms with Gasteiger partial charge in [-0.15, -0.1) is 0 Å². The van der Waals surface area contributed by atoms with Crippen molar-refractivity contribution in [2.24, 2.45) is 0 Å². The molecule has 7 heteroatoms. The van der Waals surface area contributed by atoms with Crippen molar-refractivity contribution in [1.29, 1.82) is 0 Å². The van der Waals surface area contributed by atoms with Crippen molar-refractivity contribution in [1.82, 2.24) is 4.98 Å². The zero-order valence-corrected chi connectivity index (χ0v) is 12.0. The van der Waals surface area contributed by atoms with Gasteiger partial charge >= 0.3 is 5.97 Å². The molecule has 1 rings (SSSR count). The van der Waals surface area contributed by atoms with E-state index in [4.69, 9.17) is 0 Å². The van der Waals surface area contributed by atoms with Crippen molar-refractivity contribution in [3.63, 3.8) is 0 Å². The Kier molecular flexibility index (Phi) is 5.45. The SMILES string of the molecule is COC(=O)Cc1nc(C(F)F)cc(Br)c1CBr. The van der Waals surface area contributed by atoms with Crippen LogP contribution in [0.15, 0.2) is 10.5 Å². The molecule has 0 spiro atoms. The minimum absolute atomic E-state index is 0.128. The maximum Gasteiger partial charge on any atom is 0.311 e. The molecule has 0 aliphatic rings. The van der Waals surface area contributed by atoms with Gasteiger partial charge in [0.05, 0.1) is 19.2 Å². The summed E-state index contributed by atoms with van der Waals surface area (Å²) in [7, 11) is 1.24. The van der Waals surface area contributed by atoms with E-state index in [0.717, 1.165) is 0 Å². The summed E-state index contributed by atoms with van der Waals surface area (Å²) >= 11 is 6.41. The Morgan fingerprint density at radius 1 is 1.59 bits per heavy atom. The Morgan fingerprint density at radius 2 is 2.24 bits per heavy atom. The van der Waals surface area contributed by atoms with Crippen LogP contribution >= 0.6 is 31.9 Å². The average molecular weight is 373 g/mol. The molecular weight excluding hydrogens is 364 g/mol. The molecular formula is C10H9Br2F2NO2. The molecule has 0 aliphatic heterocycles. The topological polar surface area (TPSA) is 39.2 Å². The number of nitrogens with zero attached hydrogens (tertiary/aromatic N) is 1. The van der Waals surface area contributed by atoms with Crippen molar-refractivity contribution in [3.8, 4) is 0 Å². The molecule has 0 radical (unpaired) electrons. The van der Waals surface area contributed by atoms with Crippen LogP contribution in [-0.4, -0.2) is 18.1 Å². The van der Waals surface area contributed by atoms with Gasteiger partial charge in [0.1, 0.15) is 5.69 Å². The fourth-order valence-corrected chi connectivity index (χ4v) is 2.82. The number of methoxy groups -OCH3 is 1. The fraction of sp³-hybridized carbons (Fsp3) is 0.400. The van der Waals surface area contributed by atoms with E-state index >= 15 is 0 Å². The van der Waals surface area contributed by atoms with Gasteiger partial charge in [-0.05, 0) is 11.6 Å². The first-order valence-corrected chi connectivity index (χ1v) is 6.50. The predicted octanol–water partition coefficient (Wildman–Crippen LogP) is 3.39. The zero-order chi connectivity index (χ0) is 13.0. The van der Waals surface area contributed by atoms with Crippen LogP contribution in [0, 0.1) is 0 Å². The number of alkyl halides is 3. The van der Waals surface area contributed by atoms with Gasteiger partial charge in [-0.1, -0.05) is 31.9 Å². The molecule has 0 saturated carbocycles. The molecule has 0 unspecified atom stereocenters. The van der Waals surface area contributed by atoms with Crippen molar-refractivity contribution in [3.05, 3.63) is 27.5 Å². The van der Waals surface area contributed by atoms with Gasteiger partial charge in [0, 0.05) is 9.80 Å². The maximum atomic E-state index is 12.6. The molecule has 0 saturated heterocycles. The standard InChI is InChI=1S/C10H9Br2F2NO2/c1-17-9(16)3-7-5(4-11)6(12)2-8(15-7)10(13)14/h2,10H,3-4H2,1H3. The fourth-order valence-electron chi connectivity index (χ4n) is 1.22. The minimum Gasteiger partial charge on any atom is -0.469 e. The normalized spacial score (nSPS) is 10.7. The van der Waals surface area contributed by atoms with Gasteiger partial charge in [0.25, 0.3) is 6.43 Å². The Labute approximate surface area is 114 Å². The van der Waals surface area contributed by atoms with Crippen molar-refractivity contribution >= 4 is 37.8 Å². The second-order valence-electron chi connectivity index (χ2n) is 3.14. The smallest absolute Gasteiger partial charge is 0.311 e. The van der Waals surface area contributed by atoms with Gasteiger partial charge < -0.3 is 4.74 Å². The molecule has 0 aliphatic carbocycles. The van der Waals surface area contributed by atoms with Crippen LogP contribution in [0.2, 0.25) is 0 Å². The molecule has 0 fully saturated rings. The van der Waals surface area contributed by atoms with E-state index in [1.807, 2.05) is 0 Å². The lowest BCUT2D eigenvalue weighted by molar-refractivity contribution is -0.139. The number of pyridine rings is 1. The molecule has 1 heterocycles. The molecule has 0 aromatic carbocycles. The minimum atomic E-state index is -2.67. The third-order valence-electron chi connectivity index (χ3n) is 2.07. The van der Waals surface area contributed by atoms with Crippen LogP contribution in [0.25, 0.3) is 0 Å². The summed E-state index contributed by atoms with van der Waals surface area (Å²) in [5, 5.41) is 0.413. The Balaban J connectivity index is 3.19. The summed E-state index contributed by atoms with van der Waals surface area (Å²) in [6.07, 6.45) is -2.80. The van der Waals surface area contributed by atoms with Crippen molar-refractivity contribution in [2.45, 2.75) is 18.2 Å². The van der Waals surface area contributed by atoms with Crippen LogP contribution in [0.4, 0.5) is 8.78 Å². The van der Waals surface area contributed by atoms with E-state index in [9.17, 15) is 13.6 Å². The highest BCUT2D eigenvalue weighted by Gasteiger charge is 2.17. The van der Waals surface area contributed by atoms with Gasteiger partial charge in [-0.3, -0.25) is 9.78 Å². The van der Waals surface area contributed by atoms with Crippen LogP contribution < -0.4 is 0 Å². The number of hydrogen-bond acceptors (Lipinski definition) is 3. The second kappa shape index (κ2) is 6.39. The highest BCUT2D eigenvalue weighted by atomic mass is 79.9. The lowest BCUT2D eigenvalue weighted by atomic mass is 10.1. The van der Waals surface area contributed by atoms with E-state index in [2.05, 4.69) is 41.6 Å². The number of halogens is 4. The van der Waals surface area contributed by atoms with E-state index in [-0.39, 0.29) is 12.1 Å². The highest BCUT2D eigenvalue weighted by Crippen LogP contribution is 2.27. The molecule has 3 nitrogen and oxygen atoms in total. The number of hydrogen-bond donors (Lipinski definition) is 0. The molecule has 0 bridgehead atoms.